The average Bonchev–Trinajstić information content (AvgIpc) is 3.14. The highest BCUT2D eigenvalue weighted by molar-refractivity contribution is 6.04. The highest BCUT2D eigenvalue weighted by atomic mass is 19.1. The number of benzene rings is 1. The molecule has 3 aromatic rings. The van der Waals surface area contributed by atoms with Crippen molar-refractivity contribution in [2.24, 2.45) is 0 Å². The molecule has 1 aliphatic carbocycles. The number of halogens is 1. The molecule has 4 heteroatoms. The summed E-state index contributed by atoms with van der Waals surface area (Å²) in [6, 6.07) is 4.83. The molecule has 21 heavy (non-hydrogen) atoms. The number of fused-ring (bicyclic) bond motifs is 3. The van der Waals surface area contributed by atoms with Crippen LogP contribution in [0.1, 0.15) is 45.2 Å². The molecule has 0 N–H and O–H groups in total. The second-order valence-electron chi connectivity index (χ2n) is 6.92. The first-order valence-corrected chi connectivity index (χ1v) is 7.42. The molecule has 3 nitrogen and oxygen atoms in total. The van der Waals surface area contributed by atoms with Crippen LogP contribution in [0.2, 0.25) is 0 Å². The zero-order valence-corrected chi connectivity index (χ0v) is 12.5. The van der Waals surface area contributed by atoms with E-state index in [2.05, 4.69) is 25.9 Å². The summed E-state index contributed by atoms with van der Waals surface area (Å²) in [7, 11) is 0. The molecule has 0 aliphatic heterocycles. The highest BCUT2D eigenvalue weighted by Gasteiger charge is 2.30. The maximum Gasteiger partial charge on any atom is 0.124 e. The minimum absolute atomic E-state index is 0.150. The minimum Gasteiger partial charge on any atom is -0.259 e. The third-order valence-corrected chi connectivity index (χ3v) is 4.10. The lowest BCUT2D eigenvalue weighted by atomic mass is 10.1. The highest BCUT2D eigenvalue weighted by Crippen LogP contribution is 2.44. The Morgan fingerprint density at radius 1 is 1.19 bits per heavy atom. The minimum atomic E-state index is -0.230. The molecule has 1 aliphatic rings. The fourth-order valence-electron chi connectivity index (χ4n) is 2.96. The van der Waals surface area contributed by atoms with Crippen molar-refractivity contribution >= 4 is 21.8 Å². The fraction of sp³-hybridized carbons (Fsp3) is 0.412. The Labute approximate surface area is 122 Å². The standard InChI is InChI=1S/C17H18FN3/c1-17(2,3)21-16-12-8-11(18)6-7-14(12)20-15(10-4-5-10)13(16)9-19-21/h6-10H,4-5H2,1-3H3. The second kappa shape index (κ2) is 4.03. The maximum absolute atomic E-state index is 13.7. The molecule has 1 aromatic carbocycles. The summed E-state index contributed by atoms with van der Waals surface area (Å²) >= 11 is 0. The zero-order valence-electron chi connectivity index (χ0n) is 12.5. The van der Waals surface area contributed by atoms with Gasteiger partial charge in [-0.1, -0.05) is 0 Å². The summed E-state index contributed by atoms with van der Waals surface area (Å²) in [5.74, 6) is 0.311. The lowest BCUT2D eigenvalue weighted by Crippen LogP contribution is -2.23. The van der Waals surface area contributed by atoms with Crippen LogP contribution in [0, 0.1) is 5.82 Å². The number of hydrogen-bond acceptors (Lipinski definition) is 2. The number of nitrogens with zero attached hydrogens (tertiary/aromatic N) is 3. The first-order chi connectivity index (χ1) is 9.95. The van der Waals surface area contributed by atoms with E-state index >= 15 is 0 Å². The van der Waals surface area contributed by atoms with E-state index in [0.29, 0.717) is 5.92 Å². The van der Waals surface area contributed by atoms with Gasteiger partial charge >= 0.3 is 0 Å². The fourth-order valence-corrected chi connectivity index (χ4v) is 2.96. The van der Waals surface area contributed by atoms with Crippen LogP contribution in [-0.2, 0) is 5.54 Å². The van der Waals surface area contributed by atoms with E-state index in [1.807, 2.05) is 10.9 Å². The van der Waals surface area contributed by atoms with E-state index in [9.17, 15) is 4.39 Å². The lowest BCUT2D eigenvalue weighted by Gasteiger charge is -2.21. The average molecular weight is 283 g/mol. The molecule has 1 saturated carbocycles. The molecule has 2 aromatic heterocycles. The van der Waals surface area contributed by atoms with Gasteiger partial charge in [-0.25, -0.2) is 4.39 Å². The van der Waals surface area contributed by atoms with Crippen molar-refractivity contribution in [3.05, 3.63) is 35.9 Å². The molecule has 0 saturated heterocycles. The molecular formula is C17H18FN3. The molecule has 1 fully saturated rings. The topological polar surface area (TPSA) is 30.7 Å². The monoisotopic (exact) mass is 283 g/mol. The van der Waals surface area contributed by atoms with Crippen LogP contribution >= 0.6 is 0 Å². The van der Waals surface area contributed by atoms with Gasteiger partial charge in [-0.3, -0.25) is 9.67 Å². The van der Waals surface area contributed by atoms with Crippen molar-refractivity contribution in [1.82, 2.24) is 14.8 Å². The third-order valence-electron chi connectivity index (χ3n) is 4.10. The molecule has 0 bridgehead atoms. The van der Waals surface area contributed by atoms with Crippen LogP contribution in [0.5, 0.6) is 0 Å². The first-order valence-electron chi connectivity index (χ1n) is 7.42. The van der Waals surface area contributed by atoms with E-state index in [0.717, 1.165) is 27.5 Å². The van der Waals surface area contributed by atoms with Crippen molar-refractivity contribution in [3.63, 3.8) is 0 Å². The van der Waals surface area contributed by atoms with Gasteiger partial charge in [0.15, 0.2) is 0 Å². The van der Waals surface area contributed by atoms with Crippen LogP contribution < -0.4 is 0 Å². The quantitative estimate of drug-likeness (QED) is 0.664. The van der Waals surface area contributed by atoms with E-state index < -0.39 is 0 Å². The van der Waals surface area contributed by atoms with Gasteiger partial charge in [0.25, 0.3) is 0 Å². The van der Waals surface area contributed by atoms with E-state index in [1.165, 1.54) is 18.9 Å². The van der Waals surface area contributed by atoms with E-state index in [4.69, 9.17) is 4.98 Å². The van der Waals surface area contributed by atoms with Gasteiger partial charge < -0.3 is 0 Å². The van der Waals surface area contributed by atoms with Gasteiger partial charge in [-0.15, -0.1) is 0 Å². The second-order valence-corrected chi connectivity index (χ2v) is 6.92. The first kappa shape index (κ1) is 12.7. The molecule has 4 rings (SSSR count). The number of pyridine rings is 1. The van der Waals surface area contributed by atoms with Crippen molar-refractivity contribution in [2.75, 3.05) is 0 Å². The Balaban J connectivity index is 2.18. The van der Waals surface area contributed by atoms with Crippen LogP contribution in [0.3, 0.4) is 0 Å². The Morgan fingerprint density at radius 2 is 1.95 bits per heavy atom. The van der Waals surface area contributed by atoms with Crippen molar-refractivity contribution in [3.8, 4) is 0 Å². The van der Waals surface area contributed by atoms with Crippen LogP contribution in [0.25, 0.3) is 21.8 Å². The number of hydrogen-bond donors (Lipinski definition) is 0. The van der Waals surface area contributed by atoms with Gasteiger partial charge in [0.05, 0.1) is 28.5 Å². The largest absolute Gasteiger partial charge is 0.259 e. The van der Waals surface area contributed by atoms with E-state index in [1.54, 1.807) is 12.1 Å². The Kier molecular flexibility index (Phi) is 2.44. The number of rotatable bonds is 1. The molecule has 108 valence electrons. The molecule has 0 amide bonds. The van der Waals surface area contributed by atoms with Gasteiger partial charge in [0.2, 0.25) is 0 Å². The van der Waals surface area contributed by atoms with Crippen molar-refractivity contribution in [1.29, 1.82) is 0 Å². The van der Waals surface area contributed by atoms with Crippen molar-refractivity contribution < 1.29 is 4.39 Å². The molecule has 0 spiro atoms. The summed E-state index contributed by atoms with van der Waals surface area (Å²) in [4.78, 5) is 4.78. The predicted molar refractivity (Wildman–Crippen MR) is 82.0 cm³/mol. The maximum atomic E-state index is 13.7. The Morgan fingerprint density at radius 3 is 2.62 bits per heavy atom. The lowest BCUT2D eigenvalue weighted by molar-refractivity contribution is 0.369. The van der Waals surface area contributed by atoms with E-state index in [-0.39, 0.29) is 11.4 Å². The summed E-state index contributed by atoms with van der Waals surface area (Å²) in [5.41, 5.74) is 2.84. The Bertz CT molecular complexity index is 854. The normalized spacial score (nSPS) is 16.0. The summed E-state index contributed by atoms with van der Waals surface area (Å²) in [5, 5.41) is 6.49. The molecule has 0 radical (unpaired) electrons. The van der Waals surface area contributed by atoms with Gasteiger partial charge in [-0.05, 0) is 51.8 Å². The van der Waals surface area contributed by atoms with Gasteiger partial charge in [-0.2, -0.15) is 5.10 Å². The van der Waals surface area contributed by atoms with Crippen LogP contribution in [-0.4, -0.2) is 14.8 Å². The molecule has 0 atom stereocenters. The molecule has 2 heterocycles. The summed E-state index contributed by atoms with van der Waals surface area (Å²) < 4.78 is 15.7. The number of aromatic nitrogens is 3. The predicted octanol–water partition coefficient (Wildman–Crippen LogP) is 4.36. The third kappa shape index (κ3) is 1.93. The van der Waals surface area contributed by atoms with Crippen LogP contribution in [0.4, 0.5) is 4.39 Å². The van der Waals surface area contributed by atoms with Gasteiger partial charge in [0.1, 0.15) is 5.82 Å². The van der Waals surface area contributed by atoms with Crippen molar-refractivity contribution in [2.45, 2.75) is 45.1 Å². The Hall–Kier alpha value is -1.97. The SMILES string of the molecule is CC(C)(C)n1ncc2c(C3CC3)nc3ccc(F)cc3c21. The zero-order chi connectivity index (χ0) is 14.8. The van der Waals surface area contributed by atoms with Gasteiger partial charge in [0, 0.05) is 16.7 Å². The molecule has 0 unspecified atom stereocenters. The smallest absolute Gasteiger partial charge is 0.124 e. The summed E-state index contributed by atoms with van der Waals surface area (Å²) in [6.45, 7) is 6.34. The van der Waals surface area contributed by atoms with Crippen LogP contribution in [0.15, 0.2) is 24.4 Å². The summed E-state index contributed by atoms with van der Waals surface area (Å²) in [6.07, 6.45) is 4.27. The molecular weight excluding hydrogens is 265 g/mol.